The van der Waals surface area contributed by atoms with Crippen LogP contribution in [0.15, 0.2) is 24.5 Å². The molecular weight excluding hydrogens is 190 g/mol. The van der Waals surface area contributed by atoms with Crippen LogP contribution in [0.5, 0.6) is 0 Å². The molecule has 0 aromatic carbocycles. The van der Waals surface area contributed by atoms with E-state index >= 15 is 0 Å². The van der Waals surface area contributed by atoms with E-state index in [9.17, 15) is 4.79 Å². The molecule has 0 spiro atoms. The molecule has 0 aliphatic rings. The average Bonchev–Trinajstić information content (AvgIpc) is 2.09. The Hall–Kier alpha value is -1.55. The maximum absolute atomic E-state index is 10.8. The number of carbonyl (C=O) groups excluding carboxylic acids is 1. The first-order chi connectivity index (χ1) is 6.15. The number of hydrogen-bond donors (Lipinski definition) is 2. The third-order valence-electron chi connectivity index (χ3n) is 1.44. The van der Waals surface area contributed by atoms with Crippen LogP contribution in [0.2, 0.25) is 5.02 Å². The van der Waals surface area contributed by atoms with Gasteiger partial charge in [-0.25, -0.2) is 0 Å². The molecule has 1 heterocycles. The summed E-state index contributed by atoms with van der Waals surface area (Å²) in [6.07, 6.45) is 2.54. The molecule has 5 heteroatoms. The van der Waals surface area contributed by atoms with Crippen molar-refractivity contribution >= 4 is 23.1 Å². The van der Waals surface area contributed by atoms with Gasteiger partial charge in [-0.05, 0) is 12.1 Å². The second-order valence-electron chi connectivity index (χ2n) is 2.31. The van der Waals surface area contributed by atoms with Crippen molar-refractivity contribution in [1.82, 2.24) is 4.98 Å². The highest BCUT2D eigenvalue weighted by atomic mass is 35.5. The molecule has 0 bridgehead atoms. The van der Waals surface area contributed by atoms with Gasteiger partial charge in [-0.1, -0.05) is 11.6 Å². The Morgan fingerprint density at radius 3 is 2.62 bits per heavy atom. The lowest BCUT2D eigenvalue weighted by Crippen LogP contribution is -2.14. The molecule has 4 N–H and O–H groups in total. The van der Waals surface area contributed by atoms with E-state index in [2.05, 4.69) is 4.98 Å². The average molecular weight is 198 g/mol. The monoisotopic (exact) mass is 197 g/mol. The van der Waals surface area contributed by atoms with Crippen LogP contribution in [0, 0.1) is 0 Å². The van der Waals surface area contributed by atoms with Crippen molar-refractivity contribution < 1.29 is 4.79 Å². The van der Waals surface area contributed by atoms with Crippen LogP contribution < -0.4 is 11.5 Å². The number of rotatable bonds is 2. The standard InChI is InChI=1S/C8H8ClN3O/c9-5-1-2-7(12-4-5)6(3-10)8(11)13/h1-4H,10H2,(H2,11,13)/b6-3+. The highest BCUT2D eigenvalue weighted by Crippen LogP contribution is 2.12. The number of carbonyl (C=O) groups is 1. The Bertz CT molecular complexity index is 345. The summed E-state index contributed by atoms with van der Waals surface area (Å²) in [4.78, 5) is 14.7. The summed E-state index contributed by atoms with van der Waals surface area (Å²) in [6, 6.07) is 3.18. The molecule has 1 amide bonds. The molecule has 0 fully saturated rings. The van der Waals surface area contributed by atoms with Gasteiger partial charge in [0.1, 0.15) is 0 Å². The molecular formula is C8H8ClN3O. The summed E-state index contributed by atoms with van der Waals surface area (Å²) >= 11 is 5.61. The van der Waals surface area contributed by atoms with Crippen LogP contribution >= 0.6 is 11.6 Å². The summed E-state index contributed by atoms with van der Waals surface area (Å²) in [5.41, 5.74) is 10.9. The molecule has 68 valence electrons. The van der Waals surface area contributed by atoms with E-state index < -0.39 is 5.91 Å². The van der Waals surface area contributed by atoms with Crippen LogP contribution in [0.25, 0.3) is 5.57 Å². The molecule has 4 nitrogen and oxygen atoms in total. The van der Waals surface area contributed by atoms with Crippen molar-refractivity contribution in [2.24, 2.45) is 11.5 Å². The van der Waals surface area contributed by atoms with E-state index in [-0.39, 0.29) is 5.57 Å². The summed E-state index contributed by atoms with van der Waals surface area (Å²) in [5.74, 6) is -0.614. The van der Waals surface area contributed by atoms with E-state index in [1.54, 1.807) is 12.1 Å². The smallest absolute Gasteiger partial charge is 0.252 e. The number of nitrogens with zero attached hydrogens (tertiary/aromatic N) is 1. The molecule has 0 aliphatic carbocycles. The van der Waals surface area contributed by atoms with Crippen LogP contribution in [-0.4, -0.2) is 10.9 Å². The fourth-order valence-electron chi connectivity index (χ4n) is 0.829. The maximum atomic E-state index is 10.8. The van der Waals surface area contributed by atoms with Gasteiger partial charge in [0.15, 0.2) is 0 Å². The van der Waals surface area contributed by atoms with Gasteiger partial charge in [0.05, 0.1) is 16.3 Å². The zero-order valence-electron chi connectivity index (χ0n) is 6.70. The Kier molecular flexibility index (Phi) is 2.87. The molecule has 0 unspecified atom stereocenters. The molecule has 1 aromatic heterocycles. The molecule has 1 aromatic rings. The molecule has 0 saturated heterocycles. The second kappa shape index (κ2) is 3.91. The fourth-order valence-corrected chi connectivity index (χ4v) is 0.941. The van der Waals surface area contributed by atoms with Gasteiger partial charge >= 0.3 is 0 Å². The van der Waals surface area contributed by atoms with Crippen LogP contribution in [-0.2, 0) is 4.79 Å². The Morgan fingerprint density at radius 1 is 1.54 bits per heavy atom. The largest absolute Gasteiger partial charge is 0.404 e. The molecule has 0 aliphatic heterocycles. The van der Waals surface area contributed by atoms with Crippen molar-refractivity contribution in [1.29, 1.82) is 0 Å². The van der Waals surface area contributed by atoms with Gasteiger partial charge in [0, 0.05) is 12.4 Å². The minimum absolute atomic E-state index is 0.177. The molecule has 13 heavy (non-hydrogen) atoms. The van der Waals surface area contributed by atoms with Crippen LogP contribution in [0.3, 0.4) is 0 Å². The Balaban J connectivity index is 3.07. The number of amides is 1. The summed E-state index contributed by atoms with van der Waals surface area (Å²) in [5, 5.41) is 0.490. The summed E-state index contributed by atoms with van der Waals surface area (Å²) < 4.78 is 0. The summed E-state index contributed by atoms with van der Waals surface area (Å²) in [7, 11) is 0. The molecule has 1 rings (SSSR count). The first-order valence-electron chi connectivity index (χ1n) is 3.48. The van der Waals surface area contributed by atoms with Crippen molar-refractivity contribution in [3.05, 3.63) is 35.2 Å². The number of hydrogen-bond acceptors (Lipinski definition) is 3. The Morgan fingerprint density at radius 2 is 2.23 bits per heavy atom. The maximum Gasteiger partial charge on any atom is 0.252 e. The SMILES string of the molecule is N/C=C(/C(N)=O)c1ccc(Cl)cn1. The summed E-state index contributed by atoms with van der Waals surface area (Å²) in [6.45, 7) is 0. The van der Waals surface area contributed by atoms with Crippen molar-refractivity contribution in [2.75, 3.05) is 0 Å². The van der Waals surface area contributed by atoms with Gasteiger partial charge < -0.3 is 11.5 Å². The van der Waals surface area contributed by atoms with Gasteiger partial charge in [0.2, 0.25) is 0 Å². The topological polar surface area (TPSA) is 82.0 Å². The van der Waals surface area contributed by atoms with Crippen molar-refractivity contribution in [3.63, 3.8) is 0 Å². The number of primary amides is 1. The highest BCUT2D eigenvalue weighted by molar-refractivity contribution is 6.30. The number of nitrogens with two attached hydrogens (primary N) is 2. The quantitative estimate of drug-likeness (QED) is 0.679. The van der Waals surface area contributed by atoms with Gasteiger partial charge in [-0.3, -0.25) is 9.78 Å². The number of halogens is 1. The van der Waals surface area contributed by atoms with E-state index in [1.807, 2.05) is 0 Å². The number of pyridine rings is 1. The van der Waals surface area contributed by atoms with Gasteiger partial charge in [0.25, 0.3) is 5.91 Å². The lowest BCUT2D eigenvalue weighted by Gasteiger charge is -2.00. The van der Waals surface area contributed by atoms with Gasteiger partial charge in [-0.2, -0.15) is 0 Å². The first-order valence-corrected chi connectivity index (χ1v) is 3.86. The van der Waals surface area contributed by atoms with Crippen LogP contribution in [0.1, 0.15) is 5.69 Å². The first kappa shape index (κ1) is 9.54. The third-order valence-corrected chi connectivity index (χ3v) is 1.66. The minimum atomic E-state index is -0.614. The lowest BCUT2D eigenvalue weighted by molar-refractivity contribution is -0.112. The van der Waals surface area contributed by atoms with Crippen molar-refractivity contribution in [3.8, 4) is 0 Å². The second-order valence-corrected chi connectivity index (χ2v) is 2.74. The normalized spacial score (nSPS) is 11.3. The predicted molar refractivity (Wildman–Crippen MR) is 50.6 cm³/mol. The van der Waals surface area contributed by atoms with Gasteiger partial charge in [-0.15, -0.1) is 0 Å². The third kappa shape index (κ3) is 2.19. The molecule has 0 atom stereocenters. The van der Waals surface area contributed by atoms with E-state index in [0.29, 0.717) is 10.7 Å². The van der Waals surface area contributed by atoms with E-state index in [1.165, 1.54) is 6.20 Å². The fraction of sp³-hybridized carbons (Fsp3) is 0. The highest BCUT2D eigenvalue weighted by Gasteiger charge is 2.07. The molecule has 0 saturated carbocycles. The van der Waals surface area contributed by atoms with Crippen molar-refractivity contribution in [2.45, 2.75) is 0 Å². The predicted octanol–water partition coefficient (Wildman–Crippen LogP) is 0.520. The van der Waals surface area contributed by atoms with E-state index in [4.69, 9.17) is 23.1 Å². The Labute approximate surface area is 80.2 Å². The van der Waals surface area contributed by atoms with E-state index in [0.717, 1.165) is 6.20 Å². The van der Waals surface area contributed by atoms with Crippen LogP contribution in [0.4, 0.5) is 0 Å². The molecule has 0 radical (unpaired) electrons. The lowest BCUT2D eigenvalue weighted by atomic mass is 10.2. The minimum Gasteiger partial charge on any atom is -0.404 e. The zero-order valence-corrected chi connectivity index (χ0v) is 7.45. The number of aromatic nitrogens is 1. The zero-order chi connectivity index (χ0) is 9.84.